The Balaban J connectivity index is 2.83. The molecule has 0 aromatic heterocycles. The lowest BCUT2D eigenvalue weighted by molar-refractivity contribution is -0.232. The average Bonchev–Trinajstić information content (AvgIpc) is 2.51. The normalized spacial score (nSPS) is 33.5. The first kappa shape index (κ1) is 11.0. The fraction of sp³-hybridized carbons (Fsp3) is 1.00. The number of halogens is 2. The van der Waals surface area contributed by atoms with E-state index in [4.69, 9.17) is 9.47 Å². The summed E-state index contributed by atoms with van der Waals surface area (Å²) in [5.41, 5.74) is -0.0104. The van der Waals surface area contributed by atoms with E-state index in [0.29, 0.717) is 0 Å². The molecule has 1 unspecified atom stereocenters. The van der Waals surface area contributed by atoms with Crippen LogP contribution >= 0.6 is 31.9 Å². The second-order valence-corrected chi connectivity index (χ2v) is 7.34. The Morgan fingerprint density at radius 1 is 1.25 bits per heavy atom. The molecule has 0 spiro atoms. The minimum Gasteiger partial charge on any atom is -0.353 e. The summed E-state index contributed by atoms with van der Waals surface area (Å²) in [6.45, 7) is 4.08. The van der Waals surface area contributed by atoms with Crippen LogP contribution < -0.4 is 0 Å². The van der Waals surface area contributed by atoms with E-state index in [9.17, 15) is 0 Å². The van der Waals surface area contributed by atoms with Gasteiger partial charge in [0.15, 0.2) is 5.79 Å². The van der Waals surface area contributed by atoms with E-state index in [1.165, 1.54) is 0 Å². The van der Waals surface area contributed by atoms with Crippen LogP contribution in [-0.2, 0) is 9.47 Å². The molecule has 1 atom stereocenters. The van der Waals surface area contributed by atoms with E-state index < -0.39 is 5.79 Å². The summed E-state index contributed by atoms with van der Waals surface area (Å²) in [6.07, 6.45) is 0.998. The van der Waals surface area contributed by atoms with Crippen molar-refractivity contribution < 1.29 is 9.47 Å². The van der Waals surface area contributed by atoms with Crippen LogP contribution in [0, 0.1) is 5.41 Å². The minimum absolute atomic E-state index is 0.0104. The van der Waals surface area contributed by atoms with E-state index in [2.05, 4.69) is 38.8 Å². The van der Waals surface area contributed by atoms with Gasteiger partial charge in [-0.1, -0.05) is 38.8 Å². The number of hydrogen-bond acceptors (Lipinski definition) is 2. The minimum atomic E-state index is -0.528. The van der Waals surface area contributed by atoms with Gasteiger partial charge in [-0.15, -0.1) is 0 Å². The van der Waals surface area contributed by atoms with Crippen LogP contribution in [-0.4, -0.2) is 23.2 Å². The van der Waals surface area contributed by atoms with Gasteiger partial charge in [0, 0.05) is 19.6 Å². The van der Waals surface area contributed by atoms with Crippen LogP contribution in [0.25, 0.3) is 0 Å². The molecule has 0 aromatic rings. The van der Waals surface area contributed by atoms with Gasteiger partial charge in [-0.05, 0) is 13.3 Å². The molecule has 1 aliphatic rings. The molecular weight excluding hydrogens is 288 g/mol. The van der Waals surface area contributed by atoms with Crippen molar-refractivity contribution in [3.8, 4) is 0 Å². The van der Waals surface area contributed by atoms with E-state index in [1.54, 1.807) is 14.2 Å². The lowest BCUT2D eigenvalue weighted by Gasteiger charge is -2.34. The molecule has 0 radical (unpaired) electrons. The molecule has 1 aliphatic carbocycles. The maximum Gasteiger partial charge on any atom is 0.172 e. The average molecular weight is 302 g/mol. The van der Waals surface area contributed by atoms with E-state index in [1.807, 2.05) is 6.92 Å². The zero-order valence-electron chi connectivity index (χ0n) is 7.78. The van der Waals surface area contributed by atoms with Crippen LogP contribution in [0.15, 0.2) is 0 Å². The van der Waals surface area contributed by atoms with Gasteiger partial charge in [0.1, 0.15) is 0 Å². The summed E-state index contributed by atoms with van der Waals surface area (Å²) in [4.78, 5) is 0. The molecule has 0 heterocycles. The SMILES string of the molecule is COC(C)(OC)C1(C)CC1(Br)Br. The molecule has 0 N–H and O–H groups in total. The molecule has 12 heavy (non-hydrogen) atoms. The largest absolute Gasteiger partial charge is 0.353 e. The summed E-state index contributed by atoms with van der Waals surface area (Å²) < 4.78 is 10.7. The fourth-order valence-electron chi connectivity index (χ4n) is 1.43. The zero-order valence-corrected chi connectivity index (χ0v) is 11.0. The van der Waals surface area contributed by atoms with Crippen molar-refractivity contribution in [2.24, 2.45) is 5.41 Å². The number of rotatable bonds is 3. The molecule has 0 bridgehead atoms. The summed E-state index contributed by atoms with van der Waals surface area (Å²) in [7, 11) is 3.34. The number of hydrogen-bond donors (Lipinski definition) is 0. The van der Waals surface area contributed by atoms with Crippen molar-refractivity contribution in [3.63, 3.8) is 0 Å². The Kier molecular flexibility index (Phi) is 2.68. The van der Waals surface area contributed by atoms with Crippen LogP contribution in [0.4, 0.5) is 0 Å². The molecule has 0 aromatic carbocycles. The van der Waals surface area contributed by atoms with Crippen LogP contribution in [0.2, 0.25) is 0 Å². The predicted molar refractivity (Wildman–Crippen MR) is 55.7 cm³/mol. The van der Waals surface area contributed by atoms with Gasteiger partial charge < -0.3 is 9.47 Å². The van der Waals surface area contributed by atoms with Gasteiger partial charge >= 0.3 is 0 Å². The highest BCUT2D eigenvalue weighted by molar-refractivity contribution is 9.25. The highest BCUT2D eigenvalue weighted by atomic mass is 79.9. The maximum absolute atomic E-state index is 5.37. The second-order valence-electron chi connectivity index (χ2n) is 3.57. The molecule has 1 saturated carbocycles. The molecule has 1 fully saturated rings. The van der Waals surface area contributed by atoms with Crippen molar-refractivity contribution in [3.05, 3.63) is 0 Å². The predicted octanol–water partition coefficient (Wildman–Crippen LogP) is 2.89. The highest BCUT2D eigenvalue weighted by Gasteiger charge is 2.71. The summed E-state index contributed by atoms with van der Waals surface area (Å²) in [5.74, 6) is -0.528. The second kappa shape index (κ2) is 2.94. The van der Waals surface area contributed by atoms with Crippen molar-refractivity contribution >= 4 is 31.9 Å². The molecule has 2 nitrogen and oxygen atoms in total. The van der Waals surface area contributed by atoms with Gasteiger partial charge in [-0.3, -0.25) is 0 Å². The van der Waals surface area contributed by atoms with Gasteiger partial charge in [0.2, 0.25) is 0 Å². The highest BCUT2D eigenvalue weighted by Crippen LogP contribution is 2.71. The lowest BCUT2D eigenvalue weighted by atomic mass is 9.99. The molecule has 4 heteroatoms. The maximum atomic E-state index is 5.37. The van der Waals surface area contributed by atoms with Crippen LogP contribution in [0.3, 0.4) is 0 Å². The van der Waals surface area contributed by atoms with E-state index in [0.717, 1.165) is 6.42 Å². The molecule has 1 rings (SSSR count). The summed E-state index contributed by atoms with van der Waals surface area (Å²) in [6, 6.07) is 0. The monoisotopic (exact) mass is 300 g/mol. The molecular formula is C8H14Br2O2. The van der Waals surface area contributed by atoms with E-state index >= 15 is 0 Å². The van der Waals surface area contributed by atoms with Gasteiger partial charge in [0.05, 0.1) is 3.23 Å². The number of methoxy groups -OCH3 is 2. The first-order valence-electron chi connectivity index (χ1n) is 3.81. The van der Waals surface area contributed by atoms with Gasteiger partial charge in [-0.25, -0.2) is 0 Å². The number of alkyl halides is 2. The van der Waals surface area contributed by atoms with Gasteiger partial charge in [0.25, 0.3) is 0 Å². The summed E-state index contributed by atoms with van der Waals surface area (Å²) >= 11 is 7.17. The topological polar surface area (TPSA) is 18.5 Å². The molecule has 0 amide bonds. The third-order valence-electron chi connectivity index (χ3n) is 3.04. The van der Waals surface area contributed by atoms with Crippen LogP contribution in [0.1, 0.15) is 20.3 Å². The third kappa shape index (κ3) is 1.27. The third-order valence-corrected chi connectivity index (χ3v) is 5.35. The first-order valence-corrected chi connectivity index (χ1v) is 5.40. The Bertz CT molecular complexity index is 187. The van der Waals surface area contributed by atoms with Gasteiger partial charge in [-0.2, -0.15) is 0 Å². The van der Waals surface area contributed by atoms with Crippen LogP contribution in [0.5, 0.6) is 0 Å². The number of ether oxygens (including phenoxy) is 2. The summed E-state index contributed by atoms with van der Waals surface area (Å²) in [5, 5.41) is 0. The Morgan fingerprint density at radius 3 is 1.67 bits per heavy atom. The quantitative estimate of drug-likeness (QED) is 0.589. The van der Waals surface area contributed by atoms with Crippen molar-refractivity contribution in [1.29, 1.82) is 0 Å². The van der Waals surface area contributed by atoms with Crippen molar-refractivity contribution in [2.75, 3.05) is 14.2 Å². The molecule has 72 valence electrons. The standard InChI is InChI=1S/C8H14Br2O2/c1-6(5-8(6,9)10)7(2,11-3)12-4/h5H2,1-4H3. The van der Waals surface area contributed by atoms with Crippen molar-refractivity contribution in [1.82, 2.24) is 0 Å². The Labute approximate surface area is 90.3 Å². The lowest BCUT2D eigenvalue weighted by Crippen LogP contribution is -2.41. The molecule has 0 aliphatic heterocycles. The first-order chi connectivity index (χ1) is 5.33. The molecule has 0 saturated heterocycles. The Hall–Kier alpha value is 0.880. The van der Waals surface area contributed by atoms with Crippen molar-refractivity contribution in [2.45, 2.75) is 29.3 Å². The van der Waals surface area contributed by atoms with E-state index in [-0.39, 0.29) is 8.65 Å². The smallest absolute Gasteiger partial charge is 0.172 e. The zero-order chi connectivity index (χ0) is 9.62. The Morgan fingerprint density at radius 2 is 1.58 bits per heavy atom. The fourth-order valence-corrected chi connectivity index (χ4v) is 3.27.